The fourth-order valence-corrected chi connectivity index (χ4v) is 4.50. The van der Waals surface area contributed by atoms with Crippen LogP contribution >= 0.6 is 0 Å². The number of carbonyl (C=O) groups excluding carboxylic acids is 1. The Morgan fingerprint density at radius 2 is 1.96 bits per heavy atom. The van der Waals surface area contributed by atoms with E-state index in [2.05, 4.69) is 32.8 Å². The van der Waals surface area contributed by atoms with Crippen molar-refractivity contribution in [1.82, 2.24) is 30.0 Å². The van der Waals surface area contributed by atoms with E-state index >= 15 is 0 Å². The van der Waals surface area contributed by atoms with Gasteiger partial charge in [0, 0.05) is 24.3 Å². The molecule has 1 aliphatic carbocycles. The molecule has 2 saturated heterocycles. The highest BCUT2D eigenvalue weighted by molar-refractivity contribution is 5.90. The molecule has 8 nitrogen and oxygen atoms in total. The fraction of sp³-hybridized carbons (Fsp3) is 0.600. The summed E-state index contributed by atoms with van der Waals surface area (Å²) in [6.07, 6.45) is 5.74. The van der Waals surface area contributed by atoms with Gasteiger partial charge in [-0.3, -0.25) is 0 Å². The topological polar surface area (TPSA) is 79.2 Å². The molecule has 148 valence electrons. The van der Waals surface area contributed by atoms with E-state index in [4.69, 9.17) is 0 Å². The van der Waals surface area contributed by atoms with Crippen molar-refractivity contribution in [2.75, 3.05) is 38.5 Å². The number of piperidine rings is 1. The molecular formula is C20H27N7O. The third-order valence-electron chi connectivity index (χ3n) is 6.53. The van der Waals surface area contributed by atoms with Crippen LogP contribution in [0.1, 0.15) is 38.1 Å². The highest BCUT2D eigenvalue weighted by Crippen LogP contribution is 2.40. The van der Waals surface area contributed by atoms with Crippen molar-refractivity contribution in [3.05, 3.63) is 24.3 Å². The number of carbonyl (C=O) groups is 1. The standard InChI is InChI=1S/C20H27N7O/c1-25-10-7-20(8-11-25)9-12-26(14-20)19(28)21-16-4-2-3-15(13-16)18-22-23-24-27(18)17-5-6-17/h2-4,13,17H,5-12,14H2,1H3,(H,21,28). The lowest BCUT2D eigenvalue weighted by atomic mass is 9.78. The van der Waals surface area contributed by atoms with Crippen molar-refractivity contribution in [3.8, 4) is 11.4 Å². The van der Waals surface area contributed by atoms with Crippen molar-refractivity contribution in [2.24, 2.45) is 5.41 Å². The largest absolute Gasteiger partial charge is 0.324 e. The number of benzene rings is 1. The number of hydrogen-bond acceptors (Lipinski definition) is 5. The second-order valence-corrected chi connectivity index (χ2v) is 8.66. The van der Waals surface area contributed by atoms with Gasteiger partial charge in [0.05, 0.1) is 6.04 Å². The molecule has 2 aliphatic heterocycles. The van der Waals surface area contributed by atoms with Gasteiger partial charge in [0.15, 0.2) is 5.82 Å². The molecule has 8 heteroatoms. The van der Waals surface area contributed by atoms with E-state index < -0.39 is 0 Å². The molecule has 2 amide bonds. The number of nitrogens with one attached hydrogen (secondary N) is 1. The maximum absolute atomic E-state index is 12.8. The summed E-state index contributed by atoms with van der Waals surface area (Å²) in [5.41, 5.74) is 2.04. The molecule has 3 fully saturated rings. The van der Waals surface area contributed by atoms with Gasteiger partial charge in [-0.05, 0) is 80.2 Å². The molecule has 1 N–H and O–H groups in total. The smallest absolute Gasteiger partial charge is 0.321 e. The number of nitrogens with zero attached hydrogens (tertiary/aromatic N) is 6. The van der Waals surface area contributed by atoms with Crippen LogP contribution in [0.5, 0.6) is 0 Å². The molecule has 1 spiro atoms. The summed E-state index contributed by atoms with van der Waals surface area (Å²) in [5.74, 6) is 0.769. The minimum atomic E-state index is -0.00487. The lowest BCUT2D eigenvalue weighted by Crippen LogP contribution is -2.41. The van der Waals surface area contributed by atoms with E-state index in [0.717, 1.165) is 62.5 Å². The van der Waals surface area contributed by atoms with Gasteiger partial charge in [-0.2, -0.15) is 0 Å². The Balaban J connectivity index is 1.26. The van der Waals surface area contributed by atoms with Gasteiger partial charge < -0.3 is 15.1 Å². The first kappa shape index (κ1) is 17.6. The Labute approximate surface area is 164 Å². The van der Waals surface area contributed by atoms with Gasteiger partial charge in [-0.1, -0.05) is 12.1 Å². The van der Waals surface area contributed by atoms with Crippen molar-refractivity contribution < 1.29 is 4.79 Å². The van der Waals surface area contributed by atoms with Crippen LogP contribution < -0.4 is 5.32 Å². The van der Waals surface area contributed by atoms with Crippen LogP contribution in [0.15, 0.2) is 24.3 Å². The molecule has 3 aliphatic rings. The zero-order chi connectivity index (χ0) is 19.1. The van der Waals surface area contributed by atoms with Crippen molar-refractivity contribution in [3.63, 3.8) is 0 Å². The minimum Gasteiger partial charge on any atom is -0.324 e. The van der Waals surface area contributed by atoms with E-state index in [1.807, 2.05) is 33.8 Å². The third-order valence-corrected chi connectivity index (χ3v) is 6.53. The monoisotopic (exact) mass is 381 g/mol. The zero-order valence-electron chi connectivity index (χ0n) is 16.3. The lowest BCUT2D eigenvalue weighted by molar-refractivity contribution is 0.129. The molecule has 1 aromatic carbocycles. The molecule has 28 heavy (non-hydrogen) atoms. The summed E-state index contributed by atoms with van der Waals surface area (Å²) in [4.78, 5) is 17.2. The first-order chi connectivity index (χ1) is 13.6. The first-order valence-electron chi connectivity index (χ1n) is 10.2. The highest BCUT2D eigenvalue weighted by atomic mass is 16.2. The molecule has 0 bridgehead atoms. The Hall–Kier alpha value is -2.48. The van der Waals surface area contributed by atoms with Crippen LogP contribution in [-0.4, -0.2) is 69.3 Å². The summed E-state index contributed by atoms with van der Waals surface area (Å²) in [5, 5.41) is 15.2. The predicted molar refractivity (Wildman–Crippen MR) is 106 cm³/mol. The second-order valence-electron chi connectivity index (χ2n) is 8.66. The average molecular weight is 381 g/mol. The van der Waals surface area contributed by atoms with Crippen molar-refractivity contribution in [2.45, 2.75) is 38.1 Å². The molecule has 2 aromatic rings. The number of amides is 2. The van der Waals surface area contributed by atoms with Gasteiger partial charge >= 0.3 is 6.03 Å². The van der Waals surface area contributed by atoms with Crippen LogP contribution in [-0.2, 0) is 0 Å². The van der Waals surface area contributed by atoms with E-state index in [0.29, 0.717) is 11.5 Å². The number of rotatable bonds is 3. The van der Waals surface area contributed by atoms with Crippen LogP contribution in [0.4, 0.5) is 10.5 Å². The number of urea groups is 1. The Bertz CT molecular complexity index is 867. The van der Waals surface area contributed by atoms with Gasteiger partial charge in [0.2, 0.25) is 0 Å². The minimum absolute atomic E-state index is 0.00487. The Morgan fingerprint density at radius 1 is 1.18 bits per heavy atom. The molecule has 5 rings (SSSR count). The number of tetrazole rings is 1. The van der Waals surface area contributed by atoms with Gasteiger partial charge in [0.1, 0.15) is 0 Å². The Morgan fingerprint density at radius 3 is 2.75 bits per heavy atom. The third kappa shape index (κ3) is 3.37. The molecule has 0 unspecified atom stereocenters. The maximum atomic E-state index is 12.8. The highest BCUT2D eigenvalue weighted by Gasteiger charge is 2.41. The predicted octanol–water partition coefficient (Wildman–Crippen LogP) is 2.62. The van der Waals surface area contributed by atoms with Gasteiger partial charge in [0.25, 0.3) is 0 Å². The molecule has 0 radical (unpaired) electrons. The molecule has 3 heterocycles. The fourth-order valence-electron chi connectivity index (χ4n) is 4.50. The number of aromatic nitrogens is 4. The summed E-state index contributed by atoms with van der Waals surface area (Å²) >= 11 is 0. The van der Waals surface area contributed by atoms with Crippen LogP contribution in [0.3, 0.4) is 0 Å². The normalized spacial score (nSPS) is 22.0. The average Bonchev–Trinajstić information content (AvgIpc) is 3.28. The molecule has 1 saturated carbocycles. The molecule has 1 aromatic heterocycles. The van der Waals surface area contributed by atoms with E-state index in [1.165, 1.54) is 12.8 Å². The van der Waals surface area contributed by atoms with Crippen molar-refractivity contribution in [1.29, 1.82) is 0 Å². The first-order valence-corrected chi connectivity index (χ1v) is 10.2. The summed E-state index contributed by atoms with van der Waals surface area (Å²) in [7, 11) is 2.18. The van der Waals surface area contributed by atoms with Crippen LogP contribution in [0.25, 0.3) is 11.4 Å². The summed E-state index contributed by atoms with van der Waals surface area (Å²) in [6, 6.07) is 8.23. The Kier molecular flexibility index (Phi) is 4.30. The van der Waals surface area contributed by atoms with E-state index in [-0.39, 0.29) is 6.03 Å². The number of hydrogen-bond donors (Lipinski definition) is 1. The van der Waals surface area contributed by atoms with E-state index in [9.17, 15) is 4.79 Å². The summed E-state index contributed by atoms with van der Waals surface area (Å²) < 4.78 is 1.89. The van der Waals surface area contributed by atoms with E-state index in [1.54, 1.807) is 0 Å². The SMILES string of the molecule is CN1CCC2(CC1)CCN(C(=O)Nc1cccc(-c3nnnn3C3CC3)c1)C2. The quantitative estimate of drug-likeness (QED) is 0.884. The second kappa shape index (κ2) is 6.84. The lowest BCUT2D eigenvalue weighted by Gasteiger charge is -2.37. The number of anilines is 1. The van der Waals surface area contributed by atoms with Crippen LogP contribution in [0.2, 0.25) is 0 Å². The van der Waals surface area contributed by atoms with Crippen LogP contribution in [0, 0.1) is 5.41 Å². The molecular weight excluding hydrogens is 354 g/mol. The summed E-state index contributed by atoms with van der Waals surface area (Å²) in [6.45, 7) is 3.97. The molecule has 0 atom stereocenters. The maximum Gasteiger partial charge on any atom is 0.321 e. The van der Waals surface area contributed by atoms with Gasteiger partial charge in [-0.15, -0.1) is 5.10 Å². The zero-order valence-corrected chi connectivity index (χ0v) is 16.3. The number of likely N-dealkylation sites (tertiary alicyclic amines) is 2. The van der Waals surface area contributed by atoms with Gasteiger partial charge in [-0.25, -0.2) is 9.48 Å². The van der Waals surface area contributed by atoms with Crippen molar-refractivity contribution >= 4 is 11.7 Å².